The van der Waals surface area contributed by atoms with Crippen molar-refractivity contribution in [3.63, 3.8) is 0 Å². The Morgan fingerprint density at radius 1 is 1.42 bits per heavy atom. The normalized spacial score (nSPS) is 31.5. The van der Waals surface area contributed by atoms with E-state index in [2.05, 4.69) is 10.4 Å². The highest BCUT2D eigenvalue weighted by Gasteiger charge is 2.17. The van der Waals surface area contributed by atoms with Gasteiger partial charge in [0, 0.05) is 19.1 Å². The van der Waals surface area contributed by atoms with Gasteiger partial charge in [-0.25, -0.2) is 0 Å². The minimum Gasteiger partial charge on any atom is -0.314 e. The lowest BCUT2D eigenvalue weighted by molar-refractivity contribution is -0.111. The largest absolute Gasteiger partial charge is 0.314 e. The van der Waals surface area contributed by atoms with E-state index in [1.54, 1.807) is 0 Å². The molecule has 0 amide bonds. The van der Waals surface area contributed by atoms with Gasteiger partial charge in [-0.2, -0.15) is 5.06 Å². The molecule has 0 saturated carbocycles. The summed E-state index contributed by atoms with van der Waals surface area (Å²) in [7, 11) is 0. The summed E-state index contributed by atoms with van der Waals surface area (Å²) in [5.74, 6) is 0. The summed E-state index contributed by atoms with van der Waals surface area (Å²) >= 11 is 0. The van der Waals surface area contributed by atoms with Crippen LogP contribution in [0, 0.1) is 0 Å². The number of hydroxylamine groups is 2. The van der Waals surface area contributed by atoms with Gasteiger partial charge in [0.05, 0.1) is 6.61 Å². The van der Waals surface area contributed by atoms with E-state index in [0.29, 0.717) is 0 Å². The molecule has 70 valence electrons. The molecular formula is C9H18N2O. The molecule has 2 rings (SSSR count). The molecule has 0 radical (unpaired) electrons. The van der Waals surface area contributed by atoms with Gasteiger partial charge in [0.2, 0.25) is 0 Å². The van der Waals surface area contributed by atoms with E-state index in [-0.39, 0.29) is 0 Å². The summed E-state index contributed by atoms with van der Waals surface area (Å²) in [5.41, 5.74) is 0. The average Bonchev–Trinajstić information content (AvgIpc) is 2.74. The van der Waals surface area contributed by atoms with Gasteiger partial charge in [0.15, 0.2) is 0 Å². The summed E-state index contributed by atoms with van der Waals surface area (Å²) in [6, 6.07) is 0.759. The van der Waals surface area contributed by atoms with Crippen molar-refractivity contribution >= 4 is 0 Å². The Balaban J connectivity index is 1.60. The number of rotatable bonds is 3. The highest BCUT2D eigenvalue weighted by Crippen LogP contribution is 2.11. The number of hydrogen-bond acceptors (Lipinski definition) is 3. The third-order valence-electron chi connectivity index (χ3n) is 2.72. The zero-order chi connectivity index (χ0) is 8.23. The smallest absolute Gasteiger partial charge is 0.0698 e. The zero-order valence-corrected chi connectivity index (χ0v) is 7.59. The van der Waals surface area contributed by atoms with Crippen molar-refractivity contribution in [2.24, 2.45) is 0 Å². The van der Waals surface area contributed by atoms with Crippen molar-refractivity contribution in [3.8, 4) is 0 Å². The monoisotopic (exact) mass is 170 g/mol. The molecule has 0 aromatic rings. The van der Waals surface area contributed by atoms with Crippen LogP contribution in [0.4, 0.5) is 0 Å². The summed E-state index contributed by atoms with van der Waals surface area (Å²) < 4.78 is 0. The molecule has 2 fully saturated rings. The molecule has 2 saturated heterocycles. The Hall–Kier alpha value is -0.120. The maximum absolute atomic E-state index is 5.42. The summed E-state index contributed by atoms with van der Waals surface area (Å²) in [6.45, 7) is 4.38. The molecule has 2 aliphatic rings. The second kappa shape index (κ2) is 4.21. The average molecular weight is 170 g/mol. The molecule has 2 aliphatic heterocycles. The lowest BCUT2D eigenvalue weighted by atomic mass is 10.1. The summed E-state index contributed by atoms with van der Waals surface area (Å²) in [5, 5.41) is 5.61. The first kappa shape index (κ1) is 8.48. The van der Waals surface area contributed by atoms with Gasteiger partial charge >= 0.3 is 0 Å². The summed E-state index contributed by atoms with van der Waals surface area (Å²) in [6.07, 6.45) is 5.16. The molecule has 0 bridgehead atoms. The number of nitrogens with one attached hydrogen (secondary N) is 1. The third kappa shape index (κ3) is 2.19. The van der Waals surface area contributed by atoms with Crippen LogP contribution in [0.5, 0.6) is 0 Å². The molecule has 0 aromatic carbocycles. The Kier molecular flexibility index (Phi) is 2.98. The molecule has 0 aliphatic carbocycles. The molecule has 0 aromatic heterocycles. The van der Waals surface area contributed by atoms with E-state index in [1.165, 1.54) is 32.2 Å². The molecule has 1 unspecified atom stereocenters. The maximum Gasteiger partial charge on any atom is 0.0698 e. The predicted octanol–water partition coefficient (Wildman–Crippen LogP) is 0.766. The van der Waals surface area contributed by atoms with Crippen molar-refractivity contribution in [2.45, 2.75) is 31.7 Å². The molecule has 0 spiro atoms. The zero-order valence-electron chi connectivity index (χ0n) is 7.59. The number of hydrogen-bond donors (Lipinski definition) is 1. The molecule has 3 heteroatoms. The first-order chi connectivity index (χ1) is 5.95. The van der Waals surface area contributed by atoms with Gasteiger partial charge in [-0.1, -0.05) is 0 Å². The van der Waals surface area contributed by atoms with Gasteiger partial charge in [-0.3, -0.25) is 4.84 Å². The second-order valence-corrected chi connectivity index (χ2v) is 3.70. The third-order valence-corrected chi connectivity index (χ3v) is 2.72. The molecule has 1 N–H and O–H groups in total. The van der Waals surface area contributed by atoms with Crippen molar-refractivity contribution in [3.05, 3.63) is 0 Å². The van der Waals surface area contributed by atoms with E-state index in [1.807, 2.05) is 0 Å². The topological polar surface area (TPSA) is 24.5 Å². The fraction of sp³-hybridized carbons (Fsp3) is 1.00. The van der Waals surface area contributed by atoms with Gasteiger partial charge < -0.3 is 5.32 Å². The van der Waals surface area contributed by atoms with Crippen LogP contribution in [0.2, 0.25) is 0 Å². The van der Waals surface area contributed by atoms with Gasteiger partial charge in [0.25, 0.3) is 0 Å². The van der Waals surface area contributed by atoms with Crippen molar-refractivity contribution < 1.29 is 4.84 Å². The van der Waals surface area contributed by atoms with Crippen LogP contribution in [-0.2, 0) is 4.84 Å². The fourth-order valence-electron chi connectivity index (χ4n) is 1.98. The molecule has 2 heterocycles. The van der Waals surface area contributed by atoms with E-state index in [0.717, 1.165) is 25.7 Å². The van der Waals surface area contributed by atoms with Crippen molar-refractivity contribution in [1.82, 2.24) is 10.4 Å². The highest BCUT2D eigenvalue weighted by atomic mass is 16.7. The predicted molar refractivity (Wildman–Crippen MR) is 47.8 cm³/mol. The Morgan fingerprint density at radius 2 is 2.42 bits per heavy atom. The van der Waals surface area contributed by atoms with Gasteiger partial charge in [-0.05, 0) is 32.2 Å². The van der Waals surface area contributed by atoms with Crippen LogP contribution in [0.15, 0.2) is 0 Å². The van der Waals surface area contributed by atoms with E-state index in [4.69, 9.17) is 4.84 Å². The van der Waals surface area contributed by atoms with Crippen LogP contribution in [0.25, 0.3) is 0 Å². The molecular weight excluding hydrogens is 152 g/mol. The SMILES string of the molecule is C1CNC(CCN2CCCO2)C1. The van der Waals surface area contributed by atoms with Crippen molar-refractivity contribution in [1.29, 1.82) is 0 Å². The second-order valence-electron chi connectivity index (χ2n) is 3.70. The van der Waals surface area contributed by atoms with Crippen LogP contribution >= 0.6 is 0 Å². The van der Waals surface area contributed by atoms with Crippen LogP contribution in [0.1, 0.15) is 25.7 Å². The highest BCUT2D eigenvalue weighted by molar-refractivity contribution is 4.74. The maximum atomic E-state index is 5.42. The number of nitrogens with zero attached hydrogens (tertiary/aromatic N) is 1. The Labute approximate surface area is 74.0 Å². The summed E-state index contributed by atoms with van der Waals surface area (Å²) in [4.78, 5) is 5.42. The van der Waals surface area contributed by atoms with Gasteiger partial charge in [-0.15, -0.1) is 0 Å². The first-order valence-electron chi connectivity index (χ1n) is 5.06. The molecule has 12 heavy (non-hydrogen) atoms. The van der Waals surface area contributed by atoms with E-state index < -0.39 is 0 Å². The molecule has 1 atom stereocenters. The van der Waals surface area contributed by atoms with Crippen LogP contribution < -0.4 is 5.32 Å². The lowest BCUT2D eigenvalue weighted by Crippen LogP contribution is -2.28. The quantitative estimate of drug-likeness (QED) is 0.677. The lowest BCUT2D eigenvalue weighted by Gasteiger charge is -2.16. The molecule has 3 nitrogen and oxygen atoms in total. The Bertz CT molecular complexity index is 112. The standard InChI is InChI=1S/C9H18N2O/c1-3-9(10-5-1)4-7-11-6-2-8-12-11/h9-10H,1-8H2. The van der Waals surface area contributed by atoms with E-state index >= 15 is 0 Å². The minimum atomic E-state index is 0.759. The van der Waals surface area contributed by atoms with Gasteiger partial charge in [0.1, 0.15) is 0 Å². The van der Waals surface area contributed by atoms with Crippen molar-refractivity contribution in [2.75, 3.05) is 26.2 Å². The first-order valence-corrected chi connectivity index (χ1v) is 5.06. The van der Waals surface area contributed by atoms with Crippen LogP contribution in [-0.4, -0.2) is 37.3 Å². The van der Waals surface area contributed by atoms with Crippen LogP contribution in [0.3, 0.4) is 0 Å². The van der Waals surface area contributed by atoms with E-state index in [9.17, 15) is 0 Å². The fourth-order valence-corrected chi connectivity index (χ4v) is 1.98. The Morgan fingerprint density at radius 3 is 3.08 bits per heavy atom. The minimum absolute atomic E-state index is 0.759.